The van der Waals surface area contributed by atoms with Crippen molar-refractivity contribution in [3.05, 3.63) is 64.9 Å². The van der Waals surface area contributed by atoms with Crippen molar-refractivity contribution >= 4 is 28.9 Å². The number of nitrogens with zero attached hydrogens (tertiary/aromatic N) is 2. The summed E-state index contributed by atoms with van der Waals surface area (Å²) in [6.45, 7) is 1.49. The maximum Gasteiger partial charge on any atom is 0.136 e. The molecule has 0 fully saturated rings. The van der Waals surface area contributed by atoms with Crippen molar-refractivity contribution in [2.24, 2.45) is 4.99 Å². The molecule has 0 spiro atoms. The average molecular weight is 338 g/mol. The van der Waals surface area contributed by atoms with Crippen LogP contribution >= 0.6 is 0 Å². The van der Waals surface area contributed by atoms with Crippen LogP contribution in [0.15, 0.2) is 41.4 Å². The van der Waals surface area contributed by atoms with Gasteiger partial charge in [0.1, 0.15) is 17.5 Å². The molecule has 2 aromatic carbocycles. The minimum absolute atomic E-state index is 0.275. The third-order valence-corrected chi connectivity index (χ3v) is 4.14. The van der Waals surface area contributed by atoms with E-state index in [1.165, 1.54) is 18.2 Å². The predicted molar refractivity (Wildman–Crippen MR) is 95.4 cm³/mol. The number of H-pyrrole nitrogens is 1. The van der Waals surface area contributed by atoms with Crippen LogP contribution in [-0.2, 0) is 0 Å². The van der Waals surface area contributed by atoms with Gasteiger partial charge in [0.05, 0.1) is 16.8 Å². The van der Waals surface area contributed by atoms with E-state index in [1.807, 2.05) is 12.2 Å². The quantitative estimate of drug-likeness (QED) is 0.764. The summed E-state index contributed by atoms with van der Waals surface area (Å²) in [5.41, 5.74) is 2.62. The molecule has 0 amide bonds. The molecule has 0 unspecified atom stereocenters. The molecule has 1 aliphatic heterocycles. The zero-order valence-corrected chi connectivity index (χ0v) is 13.4. The summed E-state index contributed by atoms with van der Waals surface area (Å²) < 4.78 is 27.4. The molecule has 0 saturated carbocycles. The Morgan fingerprint density at radius 2 is 1.88 bits per heavy atom. The number of halogens is 2. The van der Waals surface area contributed by atoms with Crippen molar-refractivity contribution in [3.8, 4) is 0 Å². The highest BCUT2D eigenvalue weighted by Gasteiger charge is 2.15. The molecular formula is C19H16F2N4. The highest BCUT2D eigenvalue weighted by atomic mass is 19.1. The first-order valence-corrected chi connectivity index (χ1v) is 8.11. The van der Waals surface area contributed by atoms with Gasteiger partial charge in [-0.3, -0.25) is 10.1 Å². The molecule has 0 radical (unpaired) electrons. The third-order valence-electron chi connectivity index (χ3n) is 4.14. The van der Waals surface area contributed by atoms with Crippen LogP contribution in [0.5, 0.6) is 0 Å². The molecule has 4 nitrogen and oxygen atoms in total. The van der Waals surface area contributed by atoms with Crippen LogP contribution in [0.4, 0.5) is 8.78 Å². The van der Waals surface area contributed by atoms with Crippen molar-refractivity contribution in [1.82, 2.24) is 15.5 Å². The van der Waals surface area contributed by atoms with Crippen LogP contribution in [-0.4, -0.2) is 29.1 Å². The van der Waals surface area contributed by atoms with E-state index >= 15 is 0 Å². The number of hydrogen-bond donors (Lipinski definition) is 2. The lowest BCUT2D eigenvalue weighted by molar-refractivity contribution is 0.623. The van der Waals surface area contributed by atoms with E-state index in [0.29, 0.717) is 29.2 Å². The topological polar surface area (TPSA) is 53.1 Å². The first-order valence-electron chi connectivity index (χ1n) is 8.11. The molecule has 126 valence electrons. The van der Waals surface area contributed by atoms with Gasteiger partial charge in [0, 0.05) is 24.5 Å². The Labute approximate surface area is 143 Å². The Bertz CT molecular complexity index is 971. The minimum Gasteiger partial charge on any atom is -0.370 e. The van der Waals surface area contributed by atoms with Gasteiger partial charge in [-0.2, -0.15) is 5.10 Å². The van der Waals surface area contributed by atoms with Gasteiger partial charge < -0.3 is 5.32 Å². The first-order chi connectivity index (χ1) is 12.2. The van der Waals surface area contributed by atoms with E-state index in [1.54, 1.807) is 18.2 Å². The molecule has 0 atom stereocenters. The molecule has 1 aromatic heterocycles. The molecule has 2 N–H and O–H groups in total. The Balaban J connectivity index is 1.72. The summed E-state index contributed by atoms with van der Waals surface area (Å²) in [7, 11) is 0. The van der Waals surface area contributed by atoms with Gasteiger partial charge in [0.25, 0.3) is 0 Å². The molecular weight excluding hydrogens is 322 g/mol. The van der Waals surface area contributed by atoms with Gasteiger partial charge in [0.15, 0.2) is 0 Å². The smallest absolute Gasteiger partial charge is 0.136 e. The summed E-state index contributed by atoms with van der Waals surface area (Å²) in [6, 6.07) is 9.38. The summed E-state index contributed by atoms with van der Waals surface area (Å²) in [5, 5.41) is 11.0. The van der Waals surface area contributed by atoms with Gasteiger partial charge >= 0.3 is 0 Å². The Morgan fingerprint density at radius 3 is 2.64 bits per heavy atom. The summed E-state index contributed by atoms with van der Waals surface area (Å²) in [6.07, 6.45) is 4.61. The van der Waals surface area contributed by atoms with E-state index in [4.69, 9.17) is 0 Å². The summed E-state index contributed by atoms with van der Waals surface area (Å²) in [4.78, 5) is 4.36. The van der Waals surface area contributed by atoms with E-state index in [9.17, 15) is 8.78 Å². The highest BCUT2D eigenvalue weighted by molar-refractivity contribution is 6.03. The Morgan fingerprint density at radius 1 is 1.04 bits per heavy atom. The van der Waals surface area contributed by atoms with Crippen molar-refractivity contribution in [3.63, 3.8) is 0 Å². The van der Waals surface area contributed by atoms with E-state index in [2.05, 4.69) is 20.5 Å². The second kappa shape index (κ2) is 6.47. The monoisotopic (exact) mass is 338 g/mol. The third kappa shape index (κ3) is 3.15. The van der Waals surface area contributed by atoms with Crippen LogP contribution in [0, 0.1) is 11.6 Å². The lowest BCUT2D eigenvalue weighted by Crippen LogP contribution is -2.30. The Hall–Kier alpha value is -3.02. The Kier molecular flexibility index (Phi) is 4.01. The fraction of sp³-hybridized carbons (Fsp3) is 0.158. The van der Waals surface area contributed by atoms with Crippen LogP contribution in [0.3, 0.4) is 0 Å². The number of aromatic amines is 1. The molecule has 6 heteroatoms. The van der Waals surface area contributed by atoms with Gasteiger partial charge in [0.2, 0.25) is 0 Å². The van der Waals surface area contributed by atoms with Crippen LogP contribution in [0.25, 0.3) is 23.1 Å². The minimum atomic E-state index is -0.335. The van der Waals surface area contributed by atoms with Gasteiger partial charge in [-0.25, -0.2) is 8.78 Å². The molecule has 0 bridgehead atoms. The van der Waals surface area contributed by atoms with E-state index in [-0.39, 0.29) is 11.6 Å². The number of hydrogen-bond acceptors (Lipinski definition) is 3. The van der Waals surface area contributed by atoms with Crippen LogP contribution in [0.1, 0.15) is 23.2 Å². The second-order valence-electron chi connectivity index (χ2n) is 5.88. The van der Waals surface area contributed by atoms with Crippen molar-refractivity contribution in [2.75, 3.05) is 13.1 Å². The molecule has 2 heterocycles. The molecule has 4 rings (SSSR count). The average Bonchev–Trinajstić information content (AvgIpc) is 3.03. The van der Waals surface area contributed by atoms with Crippen molar-refractivity contribution in [2.45, 2.75) is 6.42 Å². The molecule has 3 aromatic rings. The SMILES string of the molecule is Fc1ccc(C=Cc2n[nH]c3cc(F)c(C4=NCCCN4)cc23)cc1. The number of aromatic nitrogens is 2. The maximum atomic E-state index is 14.4. The molecule has 0 saturated heterocycles. The predicted octanol–water partition coefficient (Wildman–Crippen LogP) is 3.75. The molecule has 0 aliphatic carbocycles. The lowest BCUT2D eigenvalue weighted by Gasteiger charge is -2.15. The number of aliphatic imine (C=N–C) groups is 1. The number of nitrogens with one attached hydrogen (secondary N) is 2. The van der Waals surface area contributed by atoms with Gasteiger partial charge in [-0.1, -0.05) is 18.2 Å². The highest BCUT2D eigenvalue weighted by Crippen LogP contribution is 2.23. The van der Waals surface area contributed by atoms with Crippen molar-refractivity contribution in [1.29, 1.82) is 0 Å². The van der Waals surface area contributed by atoms with Crippen molar-refractivity contribution < 1.29 is 8.78 Å². The largest absolute Gasteiger partial charge is 0.370 e. The summed E-state index contributed by atoms with van der Waals surface area (Å²) >= 11 is 0. The van der Waals surface area contributed by atoms with E-state index < -0.39 is 0 Å². The fourth-order valence-electron chi connectivity index (χ4n) is 2.83. The summed E-state index contributed by atoms with van der Waals surface area (Å²) in [5.74, 6) is -0.0260. The van der Waals surface area contributed by atoms with Crippen LogP contribution in [0.2, 0.25) is 0 Å². The van der Waals surface area contributed by atoms with Gasteiger partial charge in [-0.05, 0) is 36.3 Å². The maximum absolute atomic E-state index is 14.4. The standard InChI is InChI=1S/C19H16F2N4/c20-13-5-2-12(3-6-13)4-7-17-15-10-14(19-22-8-1-9-23-19)16(21)11-18(15)25-24-17/h2-7,10-11H,1,8-9H2,(H,22,23)(H,24,25). The second-order valence-corrected chi connectivity index (χ2v) is 5.88. The number of rotatable bonds is 3. The lowest BCUT2D eigenvalue weighted by atomic mass is 10.1. The molecule has 25 heavy (non-hydrogen) atoms. The normalized spacial score (nSPS) is 14.7. The van der Waals surface area contributed by atoms with Gasteiger partial charge in [-0.15, -0.1) is 0 Å². The number of fused-ring (bicyclic) bond motifs is 1. The number of benzene rings is 2. The fourth-order valence-corrected chi connectivity index (χ4v) is 2.83. The molecule has 1 aliphatic rings. The zero-order valence-electron chi connectivity index (χ0n) is 13.4. The van der Waals surface area contributed by atoms with Crippen LogP contribution < -0.4 is 5.32 Å². The number of amidine groups is 1. The zero-order chi connectivity index (χ0) is 17.2. The first kappa shape index (κ1) is 15.5. The van der Waals surface area contributed by atoms with E-state index in [0.717, 1.165) is 23.9 Å².